The van der Waals surface area contributed by atoms with Crippen molar-refractivity contribution in [3.8, 4) is 0 Å². The maximum absolute atomic E-state index is 13.1. The molecule has 31 heavy (non-hydrogen) atoms. The van der Waals surface area contributed by atoms with Crippen molar-refractivity contribution in [1.29, 1.82) is 0 Å². The number of alkyl halides is 3. The molecule has 4 atom stereocenters. The van der Waals surface area contributed by atoms with Crippen LogP contribution in [0.1, 0.15) is 38.4 Å². The van der Waals surface area contributed by atoms with Crippen molar-refractivity contribution in [3.05, 3.63) is 30.1 Å². The van der Waals surface area contributed by atoms with Crippen LogP contribution in [0.2, 0.25) is 0 Å². The molecule has 0 aliphatic heterocycles. The van der Waals surface area contributed by atoms with Crippen molar-refractivity contribution in [2.45, 2.75) is 49.9 Å². The van der Waals surface area contributed by atoms with Crippen LogP contribution in [0.3, 0.4) is 0 Å². The van der Waals surface area contributed by atoms with E-state index in [2.05, 4.69) is 20.6 Å². The minimum atomic E-state index is -4.70. The number of carbonyl (C=O) groups is 2. The van der Waals surface area contributed by atoms with E-state index in [1.807, 2.05) is 6.92 Å². The van der Waals surface area contributed by atoms with E-state index in [9.17, 15) is 22.8 Å². The van der Waals surface area contributed by atoms with E-state index >= 15 is 0 Å². The molecule has 1 aromatic carbocycles. The van der Waals surface area contributed by atoms with Crippen LogP contribution in [0, 0.1) is 17.8 Å². The van der Waals surface area contributed by atoms with Crippen molar-refractivity contribution in [2.75, 3.05) is 5.75 Å². The molecule has 166 valence electrons. The number of urea groups is 1. The van der Waals surface area contributed by atoms with Crippen molar-refractivity contribution < 1.29 is 22.8 Å². The molecule has 0 spiro atoms. The molecule has 2 bridgehead atoms. The molecule has 0 radical (unpaired) electrons. The van der Waals surface area contributed by atoms with Gasteiger partial charge >= 0.3 is 12.2 Å². The van der Waals surface area contributed by atoms with Gasteiger partial charge in [-0.1, -0.05) is 36.4 Å². The van der Waals surface area contributed by atoms with Gasteiger partial charge in [0.2, 0.25) is 11.7 Å². The van der Waals surface area contributed by atoms with Gasteiger partial charge in [0, 0.05) is 11.4 Å². The number of fused-ring (bicyclic) bond motifs is 3. The molecule has 2 aliphatic carbocycles. The Morgan fingerprint density at radius 3 is 2.65 bits per heavy atom. The summed E-state index contributed by atoms with van der Waals surface area (Å²) in [4.78, 5) is 31.6. The van der Waals surface area contributed by atoms with Crippen LogP contribution in [0.25, 0.3) is 10.9 Å². The summed E-state index contributed by atoms with van der Waals surface area (Å²) in [5.74, 6) is -0.272. The lowest BCUT2D eigenvalue weighted by Gasteiger charge is -2.28. The lowest BCUT2D eigenvalue weighted by atomic mass is 9.84. The molecule has 2 saturated carbocycles. The number of aromatic nitrogens is 2. The number of para-hydroxylation sites is 1. The topological polar surface area (TPSA) is 84.0 Å². The van der Waals surface area contributed by atoms with Gasteiger partial charge in [0.25, 0.3) is 0 Å². The summed E-state index contributed by atoms with van der Waals surface area (Å²) >= 11 is 0.841. The third-order valence-electron chi connectivity index (χ3n) is 6.21. The lowest BCUT2D eigenvalue weighted by molar-refractivity contribution is -0.145. The highest BCUT2D eigenvalue weighted by Crippen LogP contribution is 2.49. The zero-order valence-electron chi connectivity index (χ0n) is 16.9. The fraction of sp³-hybridized carbons (Fsp3) is 0.524. The number of nitrogens with zero attached hydrogens (tertiary/aromatic N) is 2. The summed E-state index contributed by atoms with van der Waals surface area (Å²) in [5.41, 5.74) is 0.144. The number of rotatable bonds is 5. The molecule has 3 amide bonds. The van der Waals surface area contributed by atoms with Crippen molar-refractivity contribution >= 4 is 34.6 Å². The van der Waals surface area contributed by atoms with E-state index in [4.69, 9.17) is 0 Å². The molecule has 1 heterocycles. The van der Waals surface area contributed by atoms with E-state index in [0.717, 1.165) is 24.1 Å². The number of thioether (sulfide) groups is 1. The number of benzene rings is 1. The Kier molecular flexibility index (Phi) is 6.09. The zero-order valence-corrected chi connectivity index (χ0v) is 17.7. The van der Waals surface area contributed by atoms with E-state index in [1.165, 1.54) is 25.3 Å². The van der Waals surface area contributed by atoms with Crippen LogP contribution < -0.4 is 10.6 Å². The zero-order chi connectivity index (χ0) is 22.2. The molecule has 2 fully saturated rings. The molecule has 1 aromatic heterocycles. The summed E-state index contributed by atoms with van der Waals surface area (Å²) < 4.78 is 39.3. The monoisotopic (exact) mass is 452 g/mol. The summed E-state index contributed by atoms with van der Waals surface area (Å²) in [6.07, 6.45) is 0.102. The maximum Gasteiger partial charge on any atom is 0.451 e. The highest BCUT2D eigenvalue weighted by atomic mass is 32.2. The maximum atomic E-state index is 13.1. The fourth-order valence-electron chi connectivity index (χ4n) is 4.84. The first-order valence-corrected chi connectivity index (χ1v) is 11.3. The van der Waals surface area contributed by atoms with Crippen LogP contribution >= 0.6 is 11.8 Å². The highest BCUT2D eigenvalue weighted by molar-refractivity contribution is 8.00. The summed E-state index contributed by atoms with van der Waals surface area (Å²) in [7, 11) is 0. The Balaban J connectivity index is 1.35. The van der Waals surface area contributed by atoms with Gasteiger partial charge in [-0.25, -0.2) is 14.8 Å². The van der Waals surface area contributed by atoms with Gasteiger partial charge in [-0.15, -0.1) is 0 Å². The largest absolute Gasteiger partial charge is 0.451 e. The van der Waals surface area contributed by atoms with Crippen LogP contribution in [-0.2, 0) is 11.0 Å². The average molecular weight is 453 g/mol. The van der Waals surface area contributed by atoms with E-state index < -0.39 is 23.9 Å². The second-order valence-electron chi connectivity index (χ2n) is 8.30. The van der Waals surface area contributed by atoms with Crippen molar-refractivity contribution in [3.63, 3.8) is 0 Å². The Hall–Kier alpha value is -2.36. The van der Waals surface area contributed by atoms with Gasteiger partial charge in [0.15, 0.2) is 0 Å². The molecule has 10 heteroatoms. The van der Waals surface area contributed by atoms with Gasteiger partial charge in [0.05, 0.1) is 11.3 Å². The van der Waals surface area contributed by atoms with Crippen LogP contribution in [-0.4, -0.2) is 33.7 Å². The lowest BCUT2D eigenvalue weighted by Crippen LogP contribution is -2.47. The van der Waals surface area contributed by atoms with Gasteiger partial charge in [-0.3, -0.25) is 10.1 Å². The Labute approximate surface area is 181 Å². The Morgan fingerprint density at radius 1 is 1.19 bits per heavy atom. The average Bonchev–Trinajstić information content (AvgIpc) is 3.34. The normalized spacial score (nSPS) is 23.7. The van der Waals surface area contributed by atoms with E-state index in [1.54, 1.807) is 18.2 Å². The van der Waals surface area contributed by atoms with Gasteiger partial charge < -0.3 is 5.32 Å². The van der Waals surface area contributed by atoms with E-state index in [-0.39, 0.29) is 22.3 Å². The smallest absolute Gasteiger partial charge is 0.335 e. The molecule has 0 saturated heterocycles. The Bertz CT molecular complexity index is 1000. The van der Waals surface area contributed by atoms with Crippen LogP contribution in [0.15, 0.2) is 29.3 Å². The first-order chi connectivity index (χ1) is 14.7. The number of halogens is 3. The second-order valence-corrected chi connectivity index (χ2v) is 9.27. The number of imide groups is 1. The number of hydrogen-bond acceptors (Lipinski definition) is 5. The molecule has 2 aromatic rings. The fourth-order valence-corrected chi connectivity index (χ4v) is 5.66. The van der Waals surface area contributed by atoms with Crippen molar-refractivity contribution in [1.82, 2.24) is 20.6 Å². The standard InChI is InChI=1S/C21H23F3N4O2S/c1-11(15-9-12-6-7-13(15)8-12)25-20(30)27-17(29)10-31-18-14-4-2-3-5-16(14)26-19(28-18)21(22,23)24/h2-5,11-13,15H,6-10H2,1H3,(H2,25,27,29,30). The number of nitrogens with one attached hydrogen (secondary N) is 2. The SMILES string of the molecule is CC(NC(=O)NC(=O)CSc1nc(C(F)(F)F)nc2ccccc12)C1CC2CCC1C2. The molecule has 2 aliphatic rings. The van der Waals surface area contributed by atoms with Gasteiger partial charge in [-0.2, -0.15) is 13.2 Å². The van der Waals surface area contributed by atoms with Gasteiger partial charge in [-0.05, 0) is 50.0 Å². The third kappa shape index (κ3) is 4.94. The summed E-state index contributed by atoms with van der Waals surface area (Å²) in [6, 6.07) is 5.69. The highest BCUT2D eigenvalue weighted by Gasteiger charge is 2.42. The minimum Gasteiger partial charge on any atom is -0.335 e. The quantitative estimate of drug-likeness (QED) is 0.519. The molecule has 2 N–H and O–H groups in total. The van der Waals surface area contributed by atoms with Crippen LogP contribution in [0.5, 0.6) is 0 Å². The van der Waals surface area contributed by atoms with Crippen molar-refractivity contribution in [2.24, 2.45) is 17.8 Å². The molecular weight excluding hydrogens is 429 g/mol. The first kappa shape index (κ1) is 21.9. The molecule has 4 rings (SSSR count). The molecule has 6 nitrogen and oxygen atoms in total. The number of hydrogen-bond donors (Lipinski definition) is 2. The second kappa shape index (κ2) is 8.64. The minimum absolute atomic E-state index is 0.0316. The molecule has 4 unspecified atom stereocenters. The number of amides is 3. The van der Waals surface area contributed by atoms with E-state index in [0.29, 0.717) is 17.2 Å². The molecular formula is C21H23F3N4O2S. The third-order valence-corrected chi connectivity index (χ3v) is 7.20. The number of carbonyl (C=O) groups excluding carboxylic acids is 2. The van der Waals surface area contributed by atoms with Gasteiger partial charge in [0.1, 0.15) is 5.03 Å². The Morgan fingerprint density at radius 2 is 1.97 bits per heavy atom. The van der Waals surface area contributed by atoms with Crippen LogP contribution in [0.4, 0.5) is 18.0 Å². The predicted octanol–water partition coefficient (Wildman–Crippen LogP) is 4.39. The summed E-state index contributed by atoms with van der Waals surface area (Å²) in [6.45, 7) is 1.95. The summed E-state index contributed by atoms with van der Waals surface area (Å²) in [5, 5.41) is 5.57. The predicted molar refractivity (Wildman–Crippen MR) is 110 cm³/mol. The first-order valence-electron chi connectivity index (χ1n) is 10.3.